The second kappa shape index (κ2) is 12.8. The van der Waals surface area contributed by atoms with Gasteiger partial charge < -0.3 is 10.1 Å². The topological polar surface area (TPSA) is 76.5 Å². The van der Waals surface area contributed by atoms with Crippen molar-refractivity contribution in [1.82, 2.24) is 14.5 Å². The molecule has 0 saturated carbocycles. The van der Waals surface area contributed by atoms with Crippen LogP contribution < -0.4 is 11.0 Å². The monoisotopic (exact) mass is 590 g/mol. The summed E-state index contributed by atoms with van der Waals surface area (Å²) in [5, 5.41) is 2.71. The van der Waals surface area contributed by atoms with Gasteiger partial charge in [0.15, 0.2) is 6.23 Å². The van der Waals surface area contributed by atoms with Crippen molar-refractivity contribution >= 4 is 23.3 Å². The highest BCUT2D eigenvalue weighted by Gasteiger charge is 2.46. The van der Waals surface area contributed by atoms with E-state index in [2.05, 4.69) is 51.6 Å². The van der Waals surface area contributed by atoms with Crippen molar-refractivity contribution in [3.8, 4) is 0 Å². The molecule has 1 aliphatic heterocycles. The van der Waals surface area contributed by atoms with Gasteiger partial charge in [0, 0.05) is 24.8 Å². The molecule has 1 aliphatic rings. The summed E-state index contributed by atoms with van der Waals surface area (Å²) >= 11 is 6.46. The minimum absolute atomic E-state index is 0.170. The summed E-state index contributed by atoms with van der Waals surface area (Å²) in [4.78, 5) is 32.6. The van der Waals surface area contributed by atoms with E-state index >= 15 is 0 Å². The van der Waals surface area contributed by atoms with Crippen LogP contribution in [0, 0.1) is 0 Å². The van der Waals surface area contributed by atoms with Crippen LogP contribution in [0.25, 0.3) is 0 Å². The van der Waals surface area contributed by atoms with Crippen molar-refractivity contribution in [2.45, 2.75) is 17.9 Å². The van der Waals surface area contributed by atoms with Gasteiger partial charge in [0.05, 0.1) is 17.5 Å². The molecule has 2 unspecified atom stereocenters. The SMILES string of the molecule is O=C(Nc1ccn(C2CN(C(c3ccccc3)(c3ccccc3)c3ccccc3)CC(CCl)O2)c(=O)n1)c1ccccc1. The lowest BCUT2D eigenvalue weighted by Crippen LogP contribution is -2.57. The van der Waals surface area contributed by atoms with Gasteiger partial charge in [-0.05, 0) is 34.9 Å². The maximum atomic E-state index is 13.4. The Morgan fingerprint density at radius 1 is 0.791 bits per heavy atom. The Morgan fingerprint density at radius 2 is 1.30 bits per heavy atom. The first-order valence-electron chi connectivity index (χ1n) is 14.2. The van der Waals surface area contributed by atoms with Crippen molar-refractivity contribution in [1.29, 1.82) is 0 Å². The molecule has 1 fully saturated rings. The molecule has 1 aromatic heterocycles. The van der Waals surface area contributed by atoms with Crippen LogP contribution in [0.4, 0.5) is 5.82 Å². The van der Waals surface area contributed by atoms with Gasteiger partial charge >= 0.3 is 5.69 Å². The van der Waals surface area contributed by atoms with Crippen LogP contribution in [0.15, 0.2) is 138 Å². The van der Waals surface area contributed by atoms with Gasteiger partial charge in [-0.25, -0.2) is 4.79 Å². The molecule has 1 N–H and O–H groups in total. The molecular formula is C35H31ClN4O3. The van der Waals surface area contributed by atoms with Gasteiger partial charge in [0.1, 0.15) is 5.82 Å². The zero-order valence-corrected chi connectivity index (χ0v) is 24.2. The quantitative estimate of drug-likeness (QED) is 0.179. The number of nitrogens with one attached hydrogen (secondary N) is 1. The molecule has 7 nitrogen and oxygen atoms in total. The number of amides is 1. The lowest BCUT2D eigenvalue weighted by molar-refractivity contribution is -0.130. The van der Waals surface area contributed by atoms with Crippen LogP contribution >= 0.6 is 11.6 Å². The van der Waals surface area contributed by atoms with Crippen LogP contribution in [0.5, 0.6) is 0 Å². The molecule has 0 radical (unpaired) electrons. The van der Waals surface area contributed by atoms with Gasteiger partial charge in [-0.1, -0.05) is 109 Å². The van der Waals surface area contributed by atoms with Gasteiger partial charge in [0.25, 0.3) is 5.91 Å². The standard InChI is InChI=1S/C35H31ClN4O3/c36-23-30-24-39(25-32(43-30)40-22-21-31(38-34(40)42)37-33(41)26-13-5-1-6-14-26)35(27-15-7-2-8-16-27,28-17-9-3-10-18-28)29-19-11-4-12-20-29/h1-22,30,32H,23-25H2,(H,37,38,41,42). The summed E-state index contributed by atoms with van der Waals surface area (Å²) in [6, 6.07) is 41.5. The lowest BCUT2D eigenvalue weighted by Gasteiger charge is -2.50. The Kier molecular flexibility index (Phi) is 8.47. The number of anilines is 1. The number of benzene rings is 4. The fourth-order valence-corrected chi connectivity index (χ4v) is 6.07. The summed E-state index contributed by atoms with van der Waals surface area (Å²) in [5.41, 5.74) is 2.51. The summed E-state index contributed by atoms with van der Waals surface area (Å²) < 4.78 is 7.86. The zero-order chi connectivity index (χ0) is 29.6. The van der Waals surface area contributed by atoms with Gasteiger partial charge in [-0.2, -0.15) is 4.98 Å². The van der Waals surface area contributed by atoms with Crippen molar-refractivity contribution < 1.29 is 9.53 Å². The Bertz CT molecular complexity index is 1620. The minimum atomic E-state index is -0.698. The molecule has 0 spiro atoms. The van der Waals surface area contributed by atoms with E-state index in [1.807, 2.05) is 60.7 Å². The largest absolute Gasteiger partial charge is 0.351 e. The van der Waals surface area contributed by atoms with Crippen molar-refractivity contribution in [2.24, 2.45) is 0 Å². The van der Waals surface area contributed by atoms with Crippen LogP contribution in [0.2, 0.25) is 0 Å². The summed E-state index contributed by atoms with van der Waals surface area (Å²) in [7, 11) is 0. The van der Waals surface area contributed by atoms with Gasteiger partial charge in [-0.3, -0.25) is 14.3 Å². The average Bonchev–Trinajstić information content (AvgIpc) is 3.07. The predicted octanol–water partition coefficient (Wildman–Crippen LogP) is 5.93. The predicted molar refractivity (Wildman–Crippen MR) is 168 cm³/mol. The van der Waals surface area contributed by atoms with Crippen molar-refractivity contribution in [3.05, 3.63) is 166 Å². The first kappa shape index (κ1) is 28.6. The second-order valence-corrected chi connectivity index (χ2v) is 10.7. The molecule has 0 aliphatic carbocycles. The Balaban J connectivity index is 1.41. The third-order valence-corrected chi connectivity index (χ3v) is 8.13. The number of aromatic nitrogens is 2. The van der Waals surface area contributed by atoms with E-state index in [0.29, 0.717) is 18.7 Å². The number of rotatable bonds is 8. The third kappa shape index (κ3) is 5.75. The Labute approximate surface area is 255 Å². The highest BCUT2D eigenvalue weighted by atomic mass is 35.5. The normalized spacial score (nSPS) is 17.3. The Hall–Kier alpha value is -4.56. The van der Waals surface area contributed by atoms with E-state index in [-0.39, 0.29) is 23.7 Å². The van der Waals surface area contributed by atoms with Crippen molar-refractivity contribution in [3.63, 3.8) is 0 Å². The molecule has 6 rings (SSSR count). The molecule has 4 aromatic carbocycles. The first-order valence-corrected chi connectivity index (χ1v) is 14.7. The molecule has 2 atom stereocenters. The van der Waals surface area contributed by atoms with Gasteiger partial charge in [-0.15, -0.1) is 11.6 Å². The van der Waals surface area contributed by atoms with Gasteiger partial charge in [0.2, 0.25) is 0 Å². The van der Waals surface area contributed by atoms with E-state index in [9.17, 15) is 9.59 Å². The van der Waals surface area contributed by atoms with Crippen LogP contribution in [-0.2, 0) is 10.3 Å². The fourth-order valence-electron chi connectivity index (χ4n) is 5.89. The third-order valence-electron chi connectivity index (χ3n) is 7.79. The number of alkyl halides is 1. The minimum Gasteiger partial charge on any atom is -0.351 e. The van der Waals surface area contributed by atoms with E-state index in [1.165, 1.54) is 4.57 Å². The highest BCUT2D eigenvalue weighted by molar-refractivity contribution is 6.18. The number of hydrogen-bond donors (Lipinski definition) is 1. The molecule has 1 amide bonds. The number of halogens is 1. The van der Waals surface area contributed by atoms with E-state index in [0.717, 1.165) is 16.7 Å². The van der Waals surface area contributed by atoms with E-state index in [4.69, 9.17) is 16.3 Å². The molecule has 1 saturated heterocycles. The number of carbonyl (C=O) groups is 1. The van der Waals surface area contributed by atoms with E-state index < -0.39 is 17.5 Å². The molecule has 216 valence electrons. The van der Waals surface area contributed by atoms with Crippen molar-refractivity contribution in [2.75, 3.05) is 24.3 Å². The number of ether oxygens (including phenoxy) is 1. The Morgan fingerprint density at radius 3 is 1.79 bits per heavy atom. The lowest BCUT2D eigenvalue weighted by atomic mass is 9.75. The first-order chi connectivity index (χ1) is 21.1. The second-order valence-electron chi connectivity index (χ2n) is 10.4. The molecule has 5 aromatic rings. The number of hydrogen-bond acceptors (Lipinski definition) is 5. The molecule has 2 heterocycles. The summed E-state index contributed by atoms with van der Waals surface area (Å²) in [5.74, 6) is 0.0734. The highest BCUT2D eigenvalue weighted by Crippen LogP contribution is 2.44. The zero-order valence-electron chi connectivity index (χ0n) is 23.4. The van der Waals surface area contributed by atoms with E-state index in [1.54, 1.807) is 36.5 Å². The molecular weight excluding hydrogens is 560 g/mol. The summed E-state index contributed by atoms with van der Waals surface area (Å²) in [6.07, 6.45) is 0.581. The maximum Gasteiger partial charge on any atom is 0.351 e. The van der Waals surface area contributed by atoms with Crippen LogP contribution in [0.1, 0.15) is 33.3 Å². The van der Waals surface area contributed by atoms with Crippen LogP contribution in [0.3, 0.4) is 0 Å². The molecule has 0 bridgehead atoms. The van der Waals surface area contributed by atoms with Crippen LogP contribution in [-0.4, -0.2) is 45.4 Å². The number of carbonyl (C=O) groups excluding carboxylic acids is 1. The molecule has 8 heteroatoms. The number of nitrogens with zero attached hydrogens (tertiary/aromatic N) is 3. The number of morpholine rings is 1. The summed E-state index contributed by atoms with van der Waals surface area (Å²) in [6.45, 7) is 0.912. The smallest absolute Gasteiger partial charge is 0.351 e. The molecule has 43 heavy (non-hydrogen) atoms. The average molecular weight is 591 g/mol. The maximum absolute atomic E-state index is 13.4. The fraction of sp³-hybridized carbons (Fsp3) is 0.171.